The third kappa shape index (κ3) is 2.30. The number of rotatable bonds is 5. The van der Waals surface area contributed by atoms with E-state index in [1.807, 2.05) is 12.1 Å². The fraction of sp³-hybridized carbons (Fsp3) is 0.692. The Morgan fingerprint density at radius 2 is 2.25 bits per heavy atom. The molecule has 0 amide bonds. The zero-order valence-corrected chi connectivity index (χ0v) is 10.1. The van der Waals surface area contributed by atoms with Crippen LogP contribution in [0.3, 0.4) is 0 Å². The molecule has 1 aromatic heterocycles. The fourth-order valence-corrected chi connectivity index (χ4v) is 2.86. The molecular formula is C13H22N2O. The van der Waals surface area contributed by atoms with E-state index in [-0.39, 0.29) is 6.04 Å². The smallest absolute Gasteiger partial charge is 0.122 e. The summed E-state index contributed by atoms with van der Waals surface area (Å²) in [4.78, 5) is 2.51. The zero-order valence-electron chi connectivity index (χ0n) is 10.1. The van der Waals surface area contributed by atoms with Gasteiger partial charge in [0.2, 0.25) is 0 Å². The molecule has 1 atom stereocenters. The Kier molecular flexibility index (Phi) is 4.02. The first kappa shape index (κ1) is 11.7. The van der Waals surface area contributed by atoms with E-state index in [0.29, 0.717) is 12.6 Å². The molecule has 0 radical (unpaired) electrons. The van der Waals surface area contributed by atoms with E-state index in [2.05, 4.69) is 11.8 Å². The van der Waals surface area contributed by atoms with Gasteiger partial charge in [0.05, 0.1) is 12.3 Å². The van der Waals surface area contributed by atoms with Crippen LogP contribution < -0.4 is 5.73 Å². The molecule has 16 heavy (non-hydrogen) atoms. The van der Waals surface area contributed by atoms with E-state index in [4.69, 9.17) is 10.2 Å². The second-order valence-corrected chi connectivity index (χ2v) is 4.54. The number of nitrogens with two attached hydrogens (primary N) is 1. The minimum Gasteiger partial charge on any atom is -0.468 e. The van der Waals surface area contributed by atoms with Crippen molar-refractivity contribution in [2.45, 2.75) is 44.7 Å². The van der Waals surface area contributed by atoms with E-state index in [0.717, 1.165) is 12.3 Å². The molecular weight excluding hydrogens is 200 g/mol. The molecule has 1 heterocycles. The maximum atomic E-state index is 5.91. The highest BCUT2D eigenvalue weighted by Gasteiger charge is 2.28. The molecule has 0 saturated heterocycles. The van der Waals surface area contributed by atoms with Crippen LogP contribution in [0.1, 0.15) is 44.4 Å². The molecule has 1 unspecified atom stereocenters. The van der Waals surface area contributed by atoms with E-state index in [1.165, 1.54) is 25.7 Å². The lowest BCUT2D eigenvalue weighted by atomic mass is 10.1. The van der Waals surface area contributed by atoms with Crippen LogP contribution in [-0.2, 0) is 0 Å². The van der Waals surface area contributed by atoms with Gasteiger partial charge in [-0.15, -0.1) is 0 Å². The van der Waals surface area contributed by atoms with Crippen LogP contribution in [0.15, 0.2) is 22.8 Å². The Balaban J connectivity index is 2.11. The molecule has 1 saturated carbocycles. The molecule has 0 bridgehead atoms. The predicted molar refractivity (Wildman–Crippen MR) is 65.1 cm³/mol. The monoisotopic (exact) mass is 222 g/mol. The molecule has 3 nitrogen and oxygen atoms in total. The maximum absolute atomic E-state index is 5.91. The lowest BCUT2D eigenvalue weighted by Gasteiger charge is -2.33. The summed E-state index contributed by atoms with van der Waals surface area (Å²) in [6, 6.07) is 4.93. The second-order valence-electron chi connectivity index (χ2n) is 4.54. The molecule has 0 spiro atoms. The minimum atomic E-state index is 0.253. The molecule has 90 valence electrons. The zero-order chi connectivity index (χ0) is 11.4. The largest absolute Gasteiger partial charge is 0.468 e. The summed E-state index contributed by atoms with van der Waals surface area (Å²) in [5, 5.41) is 0. The van der Waals surface area contributed by atoms with Gasteiger partial charge in [-0.1, -0.05) is 19.8 Å². The molecule has 2 rings (SSSR count). The molecule has 3 heteroatoms. The highest BCUT2D eigenvalue weighted by Crippen LogP contribution is 2.30. The number of nitrogens with zero attached hydrogens (tertiary/aromatic N) is 1. The topological polar surface area (TPSA) is 42.4 Å². The average molecular weight is 222 g/mol. The number of hydrogen-bond acceptors (Lipinski definition) is 3. The summed E-state index contributed by atoms with van der Waals surface area (Å²) >= 11 is 0. The van der Waals surface area contributed by atoms with Gasteiger partial charge < -0.3 is 10.2 Å². The van der Waals surface area contributed by atoms with Gasteiger partial charge in [-0.25, -0.2) is 0 Å². The van der Waals surface area contributed by atoms with Crippen molar-refractivity contribution in [3.05, 3.63) is 24.2 Å². The third-order valence-corrected chi connectivity index (χ3v) is 3.65. The van der Waals surface area contributed by atoms with Crippen LogP contribution in [0.4, 0.5) is 0 Å². The average Bonchev–Trinajstić information content (AvgIpc) is 2.97. The summed E-state index contributed by atoms with van der Waals surface area (Å²) < 4.78 is 5.51. The van der Waals surface area contributed by atoms with Crippen molar-refractivity contribution in [3.8, 4) is 0 Å². The number of hydrogen-bond donors (Lipinski definition) is 1. The summed E-state index contributed by atoms with van der Waals surface area (Å²) in [6.07, 6.45) is 7.07. The van der Waals surface area contributed by atoms with Gasteiger partial charge in [-0.2, -0.15) is 0 Å². The van der Waals surface area contributed by atoms with E-state index < -0.39 is 0 Å². The molecule has 0 aromatic carbocycles. The Morgan fingerprint density at radius 3 is 2.75 bits per heavy atom. The maximum Gasteiger partial charge on any atom is 0.122 e. The molecule has 2 N–H and O–H groups in total. The summed E-state index contributed by atoms with van der Waals surface area (Å²) in [7, 11) is 0. The first-order chi connectivity index (χ1) is 7.86. The van der Waals surface area contributed by atoms with Crippen molar-refractivity contribution in [2.24, 2.45) is 5.73 Å². The summed E-state index contributed by atoms with van der Waals surface area (Å²) in [5.41, 5.74) is 5.91. The van der Waals surface area contributed by atoms with E-state index in [9.17, 15) is 0 Å². The van der Waals surface area contributed by atoms with Gasteiger partial charge in [0, 0.05) is 12.6 Å². The van der Waals surface area contributed by atoms with Crippen molar-refractivity contribution in [2.75, 3.05) is 13.1 Å². The highest BCUT2D eigenvalue weighted by atomic mass is 16.3. The first-order valence-electron chi connectivity index (χ1n) is 6.36. The van der Waals surface area contributed by atoms with Gasteiger partial charge in [-0.3, -0.25) is 4.90 Å². The second kappa shape index (κ2) is 5.51. The molecule has 1 aliphatic carbocycles. The quantitative estimate of drug-likeness (QED) is 0.832. The number of likely N-dealkylation sites (N-methyl/N-ethyl adjacent to an activating group) is 1. The van der Waals surface area contributed by atoms with Gasteiger partial charge >= 0.3 is 0 Å². The summed E-state index contributed by atoms with van der Waals surface area (Å²) in [6.45, 7) is 3.90. The Bertz CT molecular complexity index is 291. The van der Waals surface area contributed by atoms with Crippen molar-refractivity contribution >= 4 is 0 Å². The SMILES string of the molecule is CCN(C1CCCC1)C(CN)c1ccco1. The van der Waals surface area contributed by atoms with Crippen molar-refractivity contribution in [3.63, 3.8) is 0 Å². The molecule has 1 fully saturated rings. The highest BCUT2D eigenvalue weighted by molar-refractivity contribution is 5.06. The van der Waals surface area contributed by atoms with Crippen molar-refractivity contribution in [1.29, 1.82) is 0 Å². The fourth-order valence-electron chi connectivity index (χ4n) is 2.86. The third-order valence-electron chi connectivity index (χ3n) is 3.65. The lowest BCUT2D eigenvalue weighted by Crippen LogP contribution is -2.39. The van der Waals surface area contributed by atoms with Crippen molar-refractivity contribution in [1.82, 2.24) is 4.90 Å². The first-order valence-corrected chi connectivity index (χ1v) is 6.36. The van der Waals surface area contributed by atoms with Crippen LogP contribution in [0.25, 0.3) is 0 Å². The normalized spacial score (nSPS) is 19.4. The van der Waals surface area contributed by atoms with Crippen LogP contribution in [-0.4, -0.2) is 24.0 Å². The Hall–Kier alpha value is -0.800. The van der Waals surface area contributed by atoms with Gasteiger partial charge in [0.25, 0.3) is 0 Å². The van der Waals surface area contributed by atoms with Crippen molar-refractivity contribution < 1.29 is 4.42 Å². The van der Waals surface area contributed by atoms with E-state index in [1.54, 1.807) is 6.26 Å². The van der Waals surface area contributed by atoms with Gasteiger partial charge in [0.1, 0.15) is 5.76 Å². The van der Waals surface area contributed by atoms with Crippen LogP contribution in [0.5, 0.6) is 0 Å². The van der Waals surface area contributed by atoms with Gasteiger partial charge in [-0.05, 0) is 31.5 Å². The Labute approximate surface area is 97.6 Å². The standard InChI is InChI=1S/C13H22N2O/c1-2-15(11-6-3-4-7-11)12(10-14)13-8-5-9-16-13/h5,8-9,11-12H,2-4,6-7,10,14H2,1H3. The van der Waals surface area contributed by atoms with Crippen LogP contribution in [0.2, 0.25) is 0 Å². The Morgan fingerprint density at radius 1 is 1.50 bits per heavy atom. The minimum absolute atomic E-state index is 0.253. The van der Waals surface area contributed by atoms with Crippen LogP contribution >= 0.6 is 0 Å². The lowest BCUT2D eigenvalue weighted by molar-refractivity contribution is 0.130. The molecule has 1 aliphatic rings. The number of furan rings is 1. The van der Waals surface area contributed by atoms with E-state index >= 15 is 0 Å². The van der Waals surface area contributed by atoms with Crippen LogP contribution in [0, 0.1) is 0 Å². The molecule has 0 aliphatic heterocycles. The molecule has 1 aromatic rings. The summed E-state index contributed by atoms with van der Waals surface area (Å²) in [5.74, 6) is 1.01. The predicted octanol–water partition coefficient (Wildman–Crippen LogP) is 2.54. The van der Waals surface area contributed by atoms with Gasteiger partial charge in [0.15, 0.2) is 0 Å².